The van der Waals surface area contributed by atoms with Crippen LogP contribution in [0.2, 0.25) is 0 Å². The first-order valence-corrected chi connectivity index (χ1v) is 8.46. The molecule has 3 aromatic rings. The monoisotopic (exact) mass is 370 g/mol. The van der Waals surface area contributed by atoms with Crippen LogP contribution in [0.4, 0.5) is 10.1 Å². The molecule has 2 aromatic heterocycles. The summed E-state index contributed by atoms with van der Waals surface area (Å²) >= 11 is 0. The highest BCUT2D eigenvalue weighted by Crippen LogP contribution is 2.17. The van der Waals surface area contributed by atoms with E-state index in [1.807, 2.05) is 13.8 Å². The lowest BCUT2D eigenvalue weighted by atomic mass is 10.2. The van der Waals surface area contributed by atoms with E-state index in [1.54, 1.807) is 23.0 Å². The van der Waals surface area contributed by atoms with Gasteiger partial charge in [0.2, 0.25) is 0 Å². The van der Waals surface area contributed by atoms with Crippen LogP contribution in [-0.4, -0.2) is 32.7 Å². The summed E-state index contributed by atoms with van der Waals surface area (Å²) in [5.74, 6) is -1.71. The fourth-order valence-corrected chi connectivity index (χ4v) is 2.52. The Morgan fingerprint density at radius 3 is 2.67 bits per heavy atom. The summed E-state index contributed by atoms with van der Waals surface area (Å²) in [4.78, 5) is 28.7. The van der Waals surface area contributed by atoms with Gasteiger partial charge in [-0.3, -0.25) is 4.79 Å². The number of rotatable bonds is 5. The van der Waals surface area contributed by atoms with Crippen LogP contribution < -0.4 is 5.32 Å². The highest BCUT2D eigenvalue weighted by Gasteiger charge is 2.20. The van der Waals surface area contributed by atoms with E-state index >= 15 is 0 Å². The normalized spacial score (nSPS) is 12.2. The fourth-order valence-electron chi connectivity index (χ4n) is 2.52. The first-order valence-electron chi connectivity index (χ1n) is 8.46. The van der Waals surface area contributed by atoms with Crippen molar-refractivity contribution >= 4 is 28.6 Å². The number of carbonyl (C=O) groups excluding carboxylic acids is 2. The average molecular weight is 370 g/mol. The van der Waals surface area contributed by atoms with Crippen LogP contribution in [0.1, 0.15) is 37.2 Å². The van der Waals surface area contributed by atoms with E-state index in [2.05, 4.69) is 15.4 Å². The number of pyridine rings is 1. The molecular formula is C19H19FN4O3. The van der Waals surface area contributed by atoms with Crippen LogP contribution in [0.15, 0.2) is 42.7 Å². The molecule has 3 rings (SSSR count). The number of halogens is 1. The average Bonchev–Trinajstić information content (AvgIpc) is 3.05. The van der Waals surface area contributed by atoms with Crippen molar-refractivity contribution in [1.29, 1.82) is 0 Å². The molecule has 1 aromatic carbocycles. The molecule has 1 amide bonds. The largest absolute Gasteiger partial charge is 0.449 e. The van der Waals surface area contributed by atoms with E-state index in [4.69, 9.17) is 4.74 Å². The second-order valence-electron chi connectivity index (χ2n) is 6.37. The van der Waals surface area contributed by atoms with Crippen LogP contribution in [0.25, 0.3) is 11.0 Å². The van der Waals surface area contributed by atoms with E-state index in [-0.39, 0.29) is 17.3 Å². The molecule has 0 aliphatic carbocycles. The zero-order valence-corrected chi connectivity index (χ0v) is 15.1. The number of benzene rings is 1. The third-order valence-corrected chi connectivity index (χ3v) is 3.90. The lowest BCUT2D eigenvalue weighted by molar-refractivity contribution is -0.123. The summed E-state index contributed by atoms with van der Waals surface area (Å²) in [6, 6.07) is 7.22. The van der Waals surface area contributed by atoms with Crippen molar-refractivity contribution in [3.05, 3.63) is 54.1 Å². The molecule has 0 bridgehead atoms. The van der Waals surface area contributed by atoms with Crippen molar-refractivity contribution in [1.82, 2.24) is 14.8 Å². The number of amides is 1. The Morgan fingerprint density at radius 2 is 1.96 bits per heavy atom. The second kappa shape index (κ2) is 7.53. The molecule has 7 nitrogen and oxygen atoms in total. The van der Waals surface area contributed by atoms with Gasteiger partial charge in [-0.1, -0.05) is 6.07 Å². The second-order valence-corrected chi connectivity index (χ2v) is 6.37. The van der Waals surface area contributed by atoms with E-state index < -0.39 is 23.8 Å². The van der Waals surface area contributed by atoms with Gasteiger partial charge >= 0.3 is 5.97 Å². The van der Waals surface area contributed by atoms with Gasteiger partial charge in [0.1, 0.15) is 5.82 Å². The summed E-state index contributed by atoms with van der Waals surface area (Å²) in [5, 5.41) is 7.45. The topological polar surface area (TPSA) is 86.1 Å². The Kier molecular flexibility index (Phi) is 5.16. The van der Waals surface area contributed by atoms with Gasteiger partial charge in [-0.05, 0) is 45.0 Å². The van der Waals surface area contributed by atoms with Gasteiger partial charge in [-0.2, -0.15) is 5.10 Å². The number of nitrogens with one attached hydrogen (secondary N) is 1. The molecule has 2 heterocycles. The number of aromatic nitrogens is 3. The highest BCUT2D eigenvalue weighted by molar-refractivity contribution is 5.98. The molecule has 27 heavy (non-hydrogen) atoms. The standard InChI is InChI=1S/C19H19FN4O3/c1-11(2)24-17-13(10-22-24)7-14(9-21-17)19(26)27-12(3)18(25)23-16-6-4-5-15(20)8-16/h4-12H,1-3H3,(H,23,25)/t12-/m1/s1. The Morgan fingerprint density at radius 1 is 1.19 bits per heavy atom. The molecule has 140 valence electrons. The zero-order chi connectivity index (χ0) is 19.6. The number of nitrogens with zero attached hydrogens (tertiary/aromatic N) is 3. The van der Waals surface area contributed by atoms with Crippen molar-refractivity contribution in [3.8, 4) is 0 Å². The summed E-state index contributed by atoms with van der Waals surface area (Å²) in [5.41, 5.74) is 1.17. The van der Waals surface area contributed by atoms with E-state index in [9.17, 15) is 14.0 Å². The minimum Gasteiger partial charge on any atom is -0.449 e. The zero-order valence-electron chi connectivity index (χ0n) is 15.1. The Hall–Kier alpha value is -3.29. The number of anilines is 1. The Balaban J connectivity index is 1.68. The third kappa shape index (κ3) is 4.11. The molecule has 0 fully saturated rings. The predicted octanol–water partition coefficient (Wildman–Crippen LogP) is 3.34. The molecule has 1 atom stereocenters. The van der Waals surface area contributed by atoms with Crippen molar-refractivity contribution in [2.45, 2.75) is 32.9 Å². The maximum Gasteiger partial charge on any atom is 0.340 e. The fraction of sp³-hybridized carbons (Fsp3) is 0.263. The minimum atomic E-state index is -1.06. The first-order chi connectivity index (χ1) is 12.8. The van der Waals surface area contributed by atoms with Crippen LogP contribution in [0, 0.1) is 5.82 Å². The molecule has 1 N–H and O–H groups in total. The number of ether oxygens (including phenoxy) is 1. The molecular weight excluding hydrogens is 351 g/mol. The lowest BCUT2D eigenvalue weighted by Gasteiger charge is -2.13. The van der Waals surface area contributed by atoms with Gasteiger partial charge in [0.05, 0.1) is 11.8 Å². The Bertz CT molecular complexity index is 1000. The van der Waals surface area contributed by atoms with Gasteiger partial charge in [0, 0.05) is 23.3 Å². The number of carbonyl (C=O) groups is 2. The summed E-state index contributed by atoms with van der Waals surface area (Å²) in [6.07, 6.45) is 1.96. The maximum absolute atomic E-state index is 13.2. The van der Waals surface area contributed by atoms with Gasteiger partial charge in [0.25, 0.3) is 5.91 Å². The SMILES string of the molecule is CC(C)n1ncc2cc(C(=O)O[C@H](C)C(=O)Nc3cccc(F)c3)cnc21. The number of fused-ring (bicyclic) bond motifs is 1. The van der Waals surface area contributed by atoms with Crippen molar-refractivity contribution in [3.63, 3.8) is 0 Å². The molecule has 0 spiro atoms. The van der Waals surface area contributed by atoms with Crippen molar-refractivity contribution in [2.24, 2.45) is 0 Å². The van der Waals surface area contributed by atoms with Crippen molar-refractivity contribution in [2.75, 3.05) is 5.32 Å². The van der Waals surface area contributed by atoms with Crippen LogP contribution >= 0.6 is 0 Å². The molecule has 0 saturated carbocycles. The highest BCUT2D eigenvalue weighted by atomic mass is 19.1. The van der Waals surface area contributed by atoms with Gasteiger partial charge in [-0.15, -0.1) is 0 Å². The molecule has 0 aliphatic heterocycles. The van der Waals surface area contributed by atoms with Crippen molar-refractivity contribution < 1.29 is 18.7 Å². The lowest BCUT2D eigenvalue weighted by Crippen LogP contribution is -2.30. The summed E-state index contributed by atoms with van der Waals surface area (Å²) in [6.45, 7) is 5.40. The Labute approximate surface area is 155 Å². The molecule has 0 saturated heterocycles. The quantitative estimate of drug-likeness (QED) is 0.696. The number of hydrogen-bond acceptors (Lipinski definition) is 5. The third-order valence-electron chi connectivity index (χ3n) is 3.90. The minimum absolute atomic E-state index is 0.138. The summed E-state index contributed by atoms with van der Waals surface area (Å²) in [7, 11) is 0. The van der Waals surface area contributed by atoms with Gasteiger partial charge in [0.15, 0.2) is 11.8 Å². The van der Waals surface area contributed by atoms with Gasteiger partial charge in [-0.25, -0.2) is 18.9 Å². The summed E-state index contributed by atoms with van der Waals surface area (Å²) < 4.78 is 20.1. The van der Waals surface area contributed by atoms with Crippen LogP contribution in [0.3, 0.4) is 0 Å². The predicted molar refractivity (Wildman–Crippen MR) is 97.8 cm³/mol. The smallest absolute Gasteiger partial charge is 0.340 e. The van der Waals surface area contributed by atoms with Crippen LogP contribution in [0.5, 0.6) is 0 Å². The molecule has 0 unspecified atom stereocenters. The van der Waals surface area contributed by atoms with E-state index in [0.29, 0.717) is 11.0 Å². The van der Waals surface area contributed by atoms with Gasteiger partial charge < -0.3 is 10.1 Å². The first kappa shape index (κ1) is 18.5. The van der Waals surface area contributed by atoms with E-state index in [0.717, 1.165) is 0 Å². The molecule has 0 radical (unpaired) electrons. The molecule has 8 heteroatoms. The van der Waals surface area contributed by atoms with Crippen LogP contribution in [-0.2, 0) is 9.53 Å². The number of esters is 1. The molecule has 0 aliphatic rings. The number of hydrogen-bond donors (Lipinski definition) is 1. The maximum atomic E-state index is 13.2. The van der Waals surface area contributed by atoms with E-state index in [1.165, 1.54) is 31.3 Å².